The lowest BCUT2D eigenvalue weighted by Crippen LogP contribution is -2.29. The Labute approximate surface area is 229 Å². The summed E-state index contributed by atoms with van der Waals surface area (Å²) in [6.45, 7) is 1.92. The number of rotatable bonds is 6. The van der Waals surface area contributed by atoms with Crippen molar-refractivity contribution in [2.75, 3.05) is 4.90 Å². The maximum Gasteiger partial charge on any atom is 0.301 e. The number of carbonyl (C=O) groups excluding carboxylic acids is 2. The first kappa shape index (κ1) is 25.3. The number of hydrogen-bond donors (Lipinski definition) is 1. The number of aromatic nitrogens is 2. The molecule has 0 spiro atoms. The fourth-order valence-corrected chi connectivity index (χ4v) is 6.27. The summed E-state index contributed by atoms with van der Waals surface area (Å²) in [6, 6.07) is 19.8. The molecule has 1 saturated heterocycles. The number of thioether (sulfide) groups is 1. The highest BCUT2D eigenvalue weighted by Gasteiger charge is 2.48. The van der Waals surface area contributed by atoms with E-state index in [-0.39, 0.29) is 22.3 Å². The summed E-state index contributed by atoms with van der Waals surface area (Å²) in [6.07, 6.45) is 0. The number of amides is 1. The first-order valence-corrected chi connectivity index (χ1v) is 13.8. The minimum atomic E-state index is -0.906. The molecule has 0 bridgehead atoms. The van der Waals surface area contributed by atoms with Crippen LogP contribution in [0, 0.1) is 12.7 Å². The monoisotopic (exact) mass is 595 g/mol. The van der Waals surface area contributed by atoms with Gasteiger partial charge in [-0.2, -0.15) is 0 Å². The molecule has 1 aromatic heterocycles. The number of carbonyl (C=O) groups is 2. The first-order chi connectivity index (χ1) is 17.8. The van der Waals surface area contributed by atoms with Crippen LogP contribution < -0.4 is 4.90 Å². The van der Waals surface area contributed by atoms with E-state index in [9.17, 15) is 19.1 Å². The summed E-state index contributed by atoms with van der Waals surface area (Å²) in [5.74, 6) is -1.84. The van der Waals surface area contributed by atoms with Crippen molar-refractivity contribution >= 4 is 61.6 Å². The standard InChI is InChI=1S/C27H19BrFN3O3S2/c1-15-9-11-16(12-10-15)23(33)21-22(17-6-4-7-19(28)13-17)32(25(35)24(21)34)26-30-31-27(37-26)36-14-18-5-2-3-8-20(18)29/h2-13,22,33H,14H2,1H3/b23-21-. The van der Waals surface area contributed by atoms with Gasteiger partial charge in [0.15, 0.2) is 4.34 Å². The molecule has 6 nitrogen and oxygen atoms in total. The number of anilines is 1. The van der Waals surface area contributed by atoms with Crippen LogP contribution in [-0.2, 0) is 15.3 Å². The van der Waals surface area contributed by atoms with E-state index < -0.39 is 17.7 Å². The van der Waals surface area contributed by atoms with Crippen LogP contribution in [0.1, 0.15) is 28.3 Å². The molecule has 0 aliphatic carbocycles. The van der Waals surface area contributed by atoms with Gasteiger partial charge in [0.25, 0.3) is 5.78 Å². The third kappa shape index (κ3) is 5.09. The third-order valence-corrected chi connectivity index (χ3v) is 8.44. The highest BCUT2D eigenvalue weighted by molar-refractivity contribution is 9.10. The zero-order chi connectivity index (χ0) is 26.1. The van der Waals surface area contributed by atoms with Crippen molar-refractivity contribution in [2.45, 2.75) is 23.1 Å². The van der Waals surface area contributed by atoms with Gasteiger partial charge in [0.2, 0.25) is 5.13 Å². The minimum absolute atomic E-state index is 0.0253. The van der Waals surface area contributed by atoms with Gasteiger partial charge in [-0.25, -0.2) is 4.39 Å². The van der Waals surface area contributed by atoms with Gasteiger partial charge in [-0.1, -0.05) is 99.2 Å². The third-order valence-electron chi connectivity index (χ3n) is 5.84. The Hall–Kier alpha value is -3.34. The number of Topliss-reactive ketones (excluding diaryl/α,β-unsaturated/α-hetero) is 1. The first-order valence-electron chi connectivity index (χ1n) is 11.2. The van der Waals surface area contributed by atoms with Crippen molar-refractivity contribution in [3.8, 4) is 0 Å². The second kappa shape index (κ2) is 10.6. The van der Waals surface area contributed by atoms with E-state index in [1.54, 1.807) is 48.5 Å². The van der Waals surface area contributed by atoms with Crippen LogP contribution in [0.25, 0.3) is 5.76 Å². The Balaban J connectivity index is 1.55. The molecule has 1 unspecified atom stereocenters. The molecular formula is C27H19BrFN3O3S2. The van der Waals surface area contributed by atoms with E-state index in [4.69, 9.17) is 0 Å². The van der Waals surface area contributed by atoms with Crippen LogP contribution in [0.5, 0.6) is 0 Å². The lowest BCUT2D eigenvalue weighted by atomic mass is 9.95. The van der Waals surface area contributed by atoms with Crippen LogP contribution in [0.3, 0.4) is 0 Å². The summed E-state index contributed by atoms with van der Waals surface area (Å²) in [5, 5.41) is 19.8. The van der Waals surface area contributed by atoms with Crippen molar-refractivity contribution in [3.05, 3.63) is 111 Å². The lowest BCUT2D eigenvalue weighted by molar-refractivity contribution is -0.132. The summed E-state index contributed by atoms with van der Waals surface area (Å²) in [7, 11) is 0. The average Bonchev–Trinajstić information content (AvgIpc) is 3.46. The fraction of sp³-hybridized carbons (Fsp3) is 0.111. The molecule has 4 aromatic rings. The maximum absolute atomic E-state index is 14.0. The Morgan fingerprint density at radius 1 is 1.08 bits per heavy atom. The quantitative estimate of drug-likeness (QED) is 0.0881. The van der Waals surface area contributed by atoms with Gasteiger partial charge in [0, 0.05) is 15.8 Å². The van der Waals surface area contributed by atoms with Crippen molar-refractivity contribution in [1.29, 1.82) is 0 Å². The van der Waals surface area contributed by atoms with Crippen molar-refractivity contribution < 1.29 is 19.1 Å². The Bertz CT molecular complexity index is 1540. The number of aliphatic hydroxyl groups excluding tert-OH is 1. The molecule has 186 valence electrons. The van der Waals surface area contributed by atoms with E-state index in [1.165, 1.54) is 22.7 Å². The van der Waals surface area contributed by atoms with Crippen LogP contribution >= 0.6 is 39.0 Å². The van der Waals surface area contributed by atoms with Gasteiger partial charge < -0.3 is 5.11 Å². The zero-order valence-corrected chi connectivity index (χ0v) is 22.6. The zero-order valence-electron chi connectivity index (χ0n) is 19.4. The molecule has 1 atom stereocenters. The predicted octanol–water partition coefficient (Wildman–Crippen LogP) is 6.67. The second-order valence-electron chi connectivity index (χ2n) is 8.32. The van der Waals surface area contributed by atoms with Crippen molar-refractivity contribution in [3.63, 3.8) is 0 Å². The number of aliphatic hydroxyl groups is 1. The van der Waals surface area contributed by atoms with Crippen molar-refractivity contribution in [1.82, 2.24) is 10.2 Å². The van der Waals surface area contributed by atoms with Crippen LogP contribution in [0.2, 0.25) is 0 Å². The predicted molar refractivity (Wildman–Crippen MR) is 146 cm³/mol. The molecule has 10 heteroatoms. The van der Waals surface area contributed by atoms with E-state index in [1.807, 2.05) is 25.1 Å². The lowest BCUT2D eigenvalue weighted by Gasteiger charge is -2.22. The molecule has 37 heavy (non-hydrogen) atoms. The van der Waals surface area contributed by atoms with Gasteiger partial charge in [0.05, 0.1) is 11.6 Å². The average molecular weight is 597 g/mol. The van der Waals surface area contributed by atoms with Crippen LogP contribution in [0.15, 0.2) is 87.2 Å². The van der Waals surface area contributed by atoms with E-state index in [0.717, 1.165) is 21.4 Å². The fourth-order valence-electron chi connectivity index (χ4n) is 4.00. The van der Waals surface area contributed by atoms with E-state index >= 15 is 0 Å². The molecule has 5 rings (SSSR count). The smallest absolute Gasteiger partial charge is 0.301 e. The Morgan fingerprint density at radius 2 is 1.84 bits per heavy atom. The largest absolute Gasteiger partial charge is 0.507 e. The molecule has 3 aromatic carbocycles. The van der Waals surface area contributed by atoms with Crippen LogP contribution in [-0.4, -0.2) is 27.0 Å². The maximum atomic E-state index is 14.0. The molecule has 1 amide bonds. The van der Waals surface area contributed by atoms with E-state index in [0.29, 0.717) is 26.8 Å². The highest BCUT2D eigenvalue weighted by Crippen LogP contribution is 2.44. The number of nitrogens with zero attached hydrogens (tertiary/aromatic N) is 3. The second-order valence-corrected chi connectivity index (χ2v) is 11.4. The molecule has 1 N–H and O–H groups in total. The molecule has 0 saturated carbocycles. The number of hydrogen-bond acceptors (Lipinski definition) is 7. The van der Waals surface area contributed by atoms with Gasteiger partial charge in [-0.05, 0) is 36.2 Å². The molecule has 0 radical (unpaired) electrons. The summed E-state index contributed by atoms with van der Waals surface area (Å²) in [4.78, 5) is 27.9. The normalized spacial score (nSPS) is 16.9. The molecule has 2 heterocycles. The van der Waals surface area contributed by atoms with Crippen LogP contribution in [0.4, 0.5) is 9.52 Å². The molecule has 1 fully saturated rings. The summed E-state index contributed by atoms with van der Waals surface area (Å²) >= 11 is 5.87. The Morgan fingerprint density at radius 3 is 2.57 bits per heavy atom. The van der Waals surface area contributed by atoms with Gasteiger partial charge in [0.1, 0.15) is 11.6 Å². The Kier molecular flexibility index (Phi) is 7.23. The minimum Gasteiger partial charge on any atom is -0.507 e. The van der Waals surface area contributed by atoms with Crippen molar-refractivity contribution in [2.24, 2.45) is 0 Å². The summed E-state index contributed by atoms with van der Waals surface area (Å²) < 4.78 is 15.3. The number of aryl methyl sites for hydroxylation is 1. The SMILES string of the molecule is Cc1ccc(/C(O)=C2/C(=O)C(=O)N(c3nnc(SCc4ccccc4F)s3)C2c2cccc(Br)c2)cc1. The van der Waals surface area contributed by atoms with E-state index in [2.05, 4.69) is 26.1 Å². The van der Waals surface area contributed by atoms with Gasteiger partial charge >= 0.3 is 5.91 Å². The number of ketones is 1. The van der Waals surface area contributed by atoms with Gasteiger partial charge in [-0.15, -0.1) is 10.2 Å². The molecule has 1 aliphatic heterocycles. The number of halogens is 2. The molecular weight excluding hydrogens is 577 g/mol. The molecule has 1 aliphatic rings. The highest BCUT2D eigenvalue weighted by atomic mass is 79.9. The number of benzene rings is 3. The topological polar surface area (TPSA) is 83.4 Å². The van der Waals surface area contributed by atoms with Gasteiger partial charge in [-0.3, -0.25) is 14.5 Å². The summed E-state index contributed by atoms with van der Waals surface area (Å²) in [5.41, 5.74) is 2.55.